The third kappa shape index (κ3) is 1.96. The van der Waals surface area contributed by atoms with Crippen LogP contribution in [0.4, 0.5) is 5.82 Å². The van der Waals surface area contributed by atoms with Crippen molar-refractivity contribution in [2.75, 3.05) is 0 Å². The minimum absolute atomic E-state index is 0.362. The second kappa shape index (κ2) is 4.10. The Morgan fingerprint density at radius 1 is 1.29 bits per heavy atom. The maximum atomic E-state index is 6.79. The zero-order chi connectivity index (χ0) is 9.97. The molecule has 0 spiro atoms. The van der Waals surface area contributed by atoms with E-state index in [9.17, 15) is 0 Å². The minimum atomic E-state index is 0.362. The molecule has 0 amide bonds. The Kier molecular flexibility index (Phi) is 2.83. The SMILES string of the molecule is [C-]#[N+]c1ccc(-c2ccc(Br)[se]2)cn1. The molecule has 0 saturated heterocycles. The fourth-order valence-corrected chi connectivity index (χ4v) is 3.62. The molecule has 2 aromatic rings. The van der Waals surface area contributed by atoms with Crippen molar-refractivity contribution in [1.82, 2.24) is 4.98 Å². The van der Waals surface area contributed by atoms with Crippen LogP contribution < -0.4 is 0 Å². The first-order chi connectivity index (χ1) is 6.79. The third-order valence-electron chi connectivity index (χ3n) is 1.72. The van der Waals surface area contributed by atoms with Gasteiger partial charge < -0.3 is 0 Å². The molecule has 0 aliphatic carbocycles. The molecule has 0 aromatic carbocycles. The second-order valence-corrected chi connectivity index (χ2v) is 6.93. The predicted octanol–water partition coefficient (Wildman–Crippen LogP) is 3.12. The van der Waals surface area contributed by atoms with Gasteiger partial charge in [-0.2, -0.15) is 0 Å². The standard InChI is InChI=1S/C10H5BrN2Se/c1-12-10-5-2-7(6-13-10)8-3-4-9(11)14-8/h2-6H. The van der Waals surface area contributed by atoms with Crippen LogP contribution in [0.5, 0.6) is 0 Å². The predicted molar refractivity (Wildman–Crippen MR) is 60.6 cm³/mol. The van der Waals surface area contributed by atoms with Gasteiger partial charge in [-0.15, -0.1) is 0 Å². The first kappa shape index (κ1) is 9.67. The zero-order valence-corrected chi connectivity index (χ0v) is 10.4. The fraction of sp³-hybridized carbons (Fsp3) is 0. The maximum absolute atomic E-state index is 6.79. The molecule has 0 atom stereocenters. The van der Waals surface area contributed by atoms with Crippen LogP contribution in [0.1, 0.15) is 0 Å². The van der Waals surface area contributed by atoms with Gasteiger partial charge in [-0.3, -0.25) is 0 Å². The fourth-order valence-electron chi connectivity index (χ4n) is 1.07. The summed E-state index contributed by atoms with van der Waals surface area (Å²) in [5.74, 6) is 0.451. The Balaban J connectivity index is 2.39. The van der Waals surface area contributed by atoms with Crippen molar-refractivity contribution in [2.45, 2.75) is 0 Å². The molecule has 0 saturated carbocycles. The molecule has 2 nitrogen and oxygen atoms in total. The number of pyridine rings is 1. The van der Waals surface area contributed by atoms with Crippen molar-refractivity contribution in [2.24, 2.45) is 0 Å². The van der Waals surface area contributed by atoms with E-state index < -0.39 is 0 Å². The Morgan fingerprint density at radius 2 is 2.14 bits per heavy atom. The number of hydrogen-bond acceptors (Lipinski definition) is 1. The summed E-state index contributed by atoms with van der Waals surface area (Å²) in [5, 5.41) is 0. The molecule has 2 aromatic heterocycles. The number of halogens is 1. The molecule has 0 aliphatic heterocycles. The summed E-state index contributed by atoms with van der Waals surface area (Å²) in [5.41, 5.74) is 1.11. The van der Waals surface area contributed by atoms with Crippen LogP contribution in [0.15, 0.2) is 33.8 Å². The number of nitrogens with zero attached hydrogens (tertiary/aromatic N) is 2. The van der Waals surface area contributed by atoms with Gasteiger partial charge in [0.1, 0.15) is 0 Å². The molecule has 14 heavy (non-hydrogen) atoms. The monoisotopic (exact) mass is 312 g/mol. The zero-order valence-electron chi connectivity index (χ0n) is 7.07. The van der Waals surface area contributed by atoms with E-state index in [1.165, 1.54) is 7.78 Å². The number of hydrogen-bond donors (Lipinski definition) is 0. The van der Waals surface area contributed by atoms with Crippen molar-refractivity contribution >= 4 is 36.3 Å². The Hall–Kier alpha value is -0.881. The summed E-state index contributed by atoms with van der Waals surface area (Å²) in [7, 11) is 0. The van der Waals surface area contributed by atoms with Gasteiger partial charge in [0.05, 0.1) is 0 Å². The first-order valence-electron chi connectivity index (χ1n) is 3.89. The molecule has 0 bridgehead atoms. The van der Waals surface area contributed by atoms with Crippen LogP contribution >= 0.6 is 15.9 Å². The van der Waals surface area contributed by atoms with Gasteiger partial charge in [-0.05, 0) is 0 Å². The average Bonchev–Trinajstić information content (AvgIpc) is 2.65. The van der Waals surface area contributed by atoms with Crippen molar-refractivity contribution in [3.63, 3.8) is 0 Å². The van der Waals surface area contributed by atoms with Crippen molar-refractivity contribution in [1.29, 1.82) is 0 Å². The molecule has 2 rings (SSSR count). The van der Waals surface area contributed by atoms with Crippen LogP contribution in [0.3, 0.4) is 0 Å². The summed E-state index contributed by atoms with van der Waals surface area (Å²) in [6, 6.07) is 7.87. The molecule has 0 aliphatic rings. The van der Waals surface area contributed by atoms with Gasteiger partial charge in [0, 0.05) is 0 Å². The van der Waals surface area contributed by atoms with E-state index in [1.54, 1.807) is 12.3 Å². The van der Waals surface area contributed by atoms with Crippen molar-refractivity contribution < 1.29 is 0 Å². The molecule has 0 unspecified atom stereocenters. The summed E-state index contributed by atoms with van der Waals surface area (Å²) in [4.78, 5) is 7.30. The van der Waals surface area contributed by atoms with Crippen LogP contribution in [-0.4, -0.2) is 19.5 Å². The molecule has 2 heterocycles. The molecule has 68 valence electrons. The summed E-state index contributed by atoms with van der Waals surface area (Å²) < 4.78 is 2.54. The van der Waals surface area contributed by atoms with Gasteiger partial charge in [0.2, 0.25) is 0 Å². The van der Waals surface area contributed by atoms with Gasteiger partial charge in [0.25, 0.3) is 0 Å². The van der Waals surface area contributed by atoms with E-state index >= 15 is 0 Å². The van der Waals surface area contributed by atoms with Gasteiger partial charge in [0.15, 0.2) is 0 Å². The summed E-state index contributed by atoms with van der Waals surface area (Å²) in [6.07, 6.45) is 1.76. The van der Waals surface area contributed by atoms with E-state index in [4.69, 9.17) is 6.57 Å². The average molecular weight is 312 g/mol. The molecular formula is C10H5BrN2Se. The topological polar surface area (TPSA) is 17.2 Å². The molecule has 4 heteroatoms. The molecular weight excluding hydrogens is 307 g/mol. The van der Waals surface area contributed by atoms with Crippen LogP contribution in [0, 0.1) is 6.57 Å². The van der Waals surface area contributed by atoms with Gasteiger partial charge in [-0.1, -0.05) is 0 Å². The van der Waals surface area contributed by atoms with Crippen molar-refractivity contribution in [3.05, 3.63) is 45.2 Å². The quantitative estimate of drug-likeness (QED) is 0.584. The van der Waals surface area contributed by atoms with E-state index in [0.29, 0.717) is 20.3 Å². The number of aromatic nitrogens is 1. The summed E-state index contributed by atoms with van der Waals surface area (Å²) in [6.45, 7) is 6.79. The van der Waals surface area contributed by atoms with E-state index in [1.807, 2.05) is 6.07 Å². The second-order valence-electron chi connectivity index (χ2n) is 2.62. The normalized spacial score (nSPS) is 9.71. The van der Waals surface area contributed by atoms with E-state index in [2.05, 4.69) is 37.9 Å². The van der Waals surface area contributed by atoms with E-state index in [0.717, 1.165) is 5.56 Å². The van der Waals surface area contributed by atoms with Gasteiger partial charge in [-0.25, -0.2) is 0 Å². The Bertz CT molecular complexity index is 482. The molecule has 0 fully saturated rings. The Morgan fingerprint density at radius 3 is 2.64 bits per heavy atom. The molecule has 0 N–H and O–H groups in total. The van der Waals surface area contributed by atoms with Gasteiger partial charge >= 0.3 is 96.5 Å². The van der Waals surface area contributed by atoms with E-state index in [-0.39, 0.29) is 0 Å². The van der Waals surface area contributed by atoms with Crippen LogP contribution in [0.25, 0.3) is 14.8 Å². The summed E-state index contributed by atoms with van der Waals surface area (Å²) >= 11 is 3.83. The number of rotatable bonds is 1. The van der Waals surface area contributed by atoms with Crippen LogP contribution in [-0.2, 0) is 0 Å². The molecule has 0 radical (unpaired) electrons. The van der Waals surface area contributed by atoms with Crippen LogP contribution in [0.2, 0.25) is 0 Å². The van der Waals surface area contributed by atoms with Crippen molar-refractivity contribution in [3.8, 4) is 10.0 Å². The third-order valence-corrected chi connectivity index (χ3v) is 4.76. The Labute approximate surface area is 96.3 Å². The first-order valence-corrected chi connectivity index (χ1v) is 6.39.